The van der Waals surface area contributed by atoms with E-state index in [0.29, 0.717) is 12.0 Å². The highest BCUT2D eigenvalue weighted by molar-refractivity contribution is 6.30. The highest BCUT2D eigenvalue weighted by Gasteiger charge is 2.43. The number of nitrogens with one attached hydrogen (secondary N) is 1. The van der Waals surface area contributed by atoms with Crippen LogP contribution in [0.4, 0.5) is 4.39 Å². The van der Waals surface area contributed by atoms with Crippen molar-refractivity contribution in [2.45, 2.75) is 32.4 Å². The van der Waals surface area contributed by atoms with Gasteiger partial charge in [0.15, 0.2) is 0 Å². The van der Waals surface area contributed by atoms with E-state index in [4.69, 9.17) is 11.6 Å². The monoisotopic (exact) mass is 298 g/mol. The molecule has 0 spiro atoms. The van der Waals surface area contributed by atoms with Crippen molar-refractivity contribution in [1.29, 1.82) is 0 Å². The predicted octanol–water partition coefficient (Wildman–Crippen LogP) is 2.11. The van der Waals surface area contributed by atoms with E-state index >= 15 is 0 Å². The molecule has 6 heteroatoms. The summed E-state index contributed by atoms with van der Waals surface area (Å²) in [7, 11) is 0. The summed E-state index contributed by atoms with van der Waals surface area (Å²) in [6.45, 7) is 3.80. The molecule has 0 radical (unpaired) electrons. The molecular formula is C14H16ClFN2O2. The molecule has 0 bridgehead atoms. The molecule has 1 atom stereocenters. The molecule has 20 heavy (non-hydrogen) atoms. The molecule has 1 N–H and O–H groups in total. The van der Waals surface area contributed by atoms with Crippen LogP contribution >= 0.6 is 11.6 Å². The van der Waals surface area contributed by atoms with E-state index in [1.54, 1.807) is 13.0 Å². The Kier molecular flexibility index (Phi) is 3.99. The standard InChI is InChI=1S/C14H16ClFN2O2/c1-3-14(2)13(20)17-7-12(19)18(14)8-9-4-5-11(16)10(15)6-9/h4-6H,3,7-8H2,1-2H3,(H,17,20). The number of rotatable bonds is 3. The summed E-state index contributed by atoms with van der Waals surface area (Å²) in [4.78, 5) is 25.6. The van der Waals surface area contributed by atoms with E-state index in [0.717, 1.165) is 0 Å². The molecule has 1 aromatic carbocycles. The molecule has 0 aliphatic carbocycles. The van der Waals surface area contributed by atoms with Gasteiger partial charge in [-0.05, 0) is 31.0 Å². The minimum Gasteiger partial charge on any atom is -0.345 e. The topological polar surface area (TPSA) is 49.4 Å². The number of amides is 2. The minimum absolute atomic E-state index is 0.00890. The Morgan fingerprint density at radius 2 is 2.15 bits per heavy atom. The minimum atomic E-state index is -0.893. The van der Waals surface area contributed by atoms with Gasteiger partial charge in [-0.2, -0.15) is 0 Å². The first-order valence-electron chi connectivity index (χ1n) is 6.41. The number of hydrogen-bond donors (Lipinski definition) is 1. The highest BCUT2D eigenvalue weighted by Crippen LogP contribution is 2.26. The lowest BCUT2D eigenvalue weighted by molar-refractivity contribution is -0.153. The molecule has 1 heterocycles. The first kappa shape index (κ1) is 14.8. The van der Waals surface area contributed by atoms with Gasteiger partial charge in [-0.15, -0.1) is 0 Å². The molecule has 0 saturated carbocycles. The fourth-order valence-electron chi connectivity index (χ4n) is 2.27. The number of carbonyl (C=O) groups is 2. The highest BCUT2D eigenvalue weighted by atomic mass is 35.5. The molecular weight excluding hydrogens is 283 g/mol. The Morgan fingerprint density at radius 3 is 2.75 bits per heavy atom. The zero-order chi connectivity index (χ0) is 14.9. The van der Waals surface area contributed by atoms with Crippen molar-refractivity contribution < 1.29 is 14.0 Å². The van der Waals surface area contributed by atoms with Gasteiger partial charge in [-0.1, -0.05) is 24.6 Å². The Balaban J connectivity index is 2.30. The first-order chi connectivity index (χ1) is 9.38. The fraction of sp³-hybridized carbons (Fsp3) is 0.429. The van der Waals surface area contributed by atoms with E-state index in [1.165, 1.54) is 17.0 Å². The number of halogens is 2. The molecule has 2 rings (SSSR count). The molecule has 1 saturated heterocycles. The van der Waals surface area contributed by atoms with Gasteiger partial charge in [0, 0.05) is 6.54 Å². The van der Waals surface area contributed by atoms with Crippen LogP contribution in [-0.4, -0.2) is 28.8 Å². The maximum absolute atomic E-state index is 13.2. The van der Waals surface area contributed by atoms with Gasteiger partial charge in [-0.25, -0.2) is 4.39 Å². The van der Waals surface area contributed by atoms with Gasteiger partial charge >= 0.3 is 0 Å². The maximum atomic E-state index is 13.2. The zero-order valence-electron chi connectivity index (χ0n) is 11.4. The van der Waals surface area contributed by atoms with Crippen LogP contribution in [0.5, 0.6) is 0 Å². The number of carbonyl (C=O) groups excluding carboxylic acids is 2. The van der Waals surface area contributed by atoms with Crippen molar-refractivity contribution in [1.82, 2.24) is 10.2 Å². The lowest BCUT2D eigenvalue weighted by Crippen LogP contribution is -2.65. The van der Waals surface area contributed by atoms with Crippen molar-refractivity contribution in [2.75, 3.05) is 6.54 Å². The van der Waals surface area contributed by atoms with E-state index < -0.39 is 11.4 Å². The fourth-order valence-corrected chi connectivity index (χ4v) is 2.48. The summed E-state index contributed by atoms with van der Waals surface area (Å²) < 4.78 is 13.2. The van der Waals surface area contributed by atoms with Crippen molar-refractivity contribution in [2.24, 2.45) is 0 Å². The number of hydrogen-bond acceptors (Lipinski definition) is 2. The van der Waals surface area contributed by atoms with E-state index in [-0.39, 0.29) is 29.9 Å². The quantitative estimate of drug-likeness (QED) is 0.929. The Bertz CT molecular complexity index is 564. The average Bonchev–Trinajstić information content (AvgIpc) is 2.43. The third-order valence-corrected chi connectivity index (χ3v) is 4.09. The molecule has 4 nitrogen and oxygen atoms in total. The second kappa shape index (κ2) is 5.40. The third kappa shape index (κ3) is 2.50. The van der Waals surface area contributed by atoms with Gasteiger partial charge in [0.2, 0.25) is 11.8 Å². The second-order valence-corrected chi connectivity index (χ2v) is 5.45. The molecule has 1 unspecified atom stereocenters. The van der Waals surface area contributed by atoms with Crippen molar-refractivity contribution >= 4 is 23.4 Å². The third-order valence-electron chi connectivity index (χ3n) is 3.80. The summed E-state index contributed by atoms with van der Waals surface area (Å²) in [6.07, 6.45) is 0.500. The molecule has 0 aromatic heterocycles. The summed E-state index contributed by atoms with van der Waals surface area (Å²) in [6, 6.07) is 4.30. The lowest BCUT2D eigenvalue weighted by atomic mass is 9.92. The Labute approximate surface area is 121 Å². The number of piperazine rings is 1. The average molecular weight is 299 g/mol. The molecule has 1 aromatic rings. The van der Waals surface area contributed by atoms with Crippen molar-refractivity contribution in [3.63, 3.8) is 0 Å². The van der Waals surface area contributed by atoms with E-state index in [2.05, 4.69) is 5.32 Å². The zero-order valence-corrected chi connectivity index (χ0v) is 12.1. The van der Waals surface area contributed by atoms with Crippen LogP contribution in [0.3, 0.4) is 0 Å². The van der Waals surface area contributed by atoms with Gasteiger partial charge in [-0.3, -0.25) is 9.59 Å². The van der Waals surface area contributed by atoms with Crippen LogP contribution in [0.15, 0.2) is 18.2 Å². The predicted molar refractivity (Wildman–Crippen MR) is 73.7 cm³/mol. The largest absolute Gasteiger partial charge is 0.345 e. The van der Waals surface area contributed by atoms with Gasteiger partial charge in [0.1, 0.15) is 11.4 Å². The van der Waals surface area contributed by atoms with E-state index in [9.17, 15) is 14.0 Å². The Morgan fingerprint density at radius 1 is 1.45 bits per heavy atom. The summed E-state index contributed by atoms with van der Waals surface area (Å²) >= 11 is 5.74. The summed E-state index contributed by atoms with van der Waals surface area (Å²) in [5, 5.41) is 2.60. The molecule has 1 fully saturated rings. The SMILES string of the molecule is CCC1(C)C(=O)NCC(=O)N1Cc1ccc(F)c(Cl)c1. The van der Waals surface area contributed by atoms with E-state index in [1.807, 2.05) is 6.92 Å². The van der Waals surface area contributed by atoms with Gasteiger partial charge in [0.25, 0.3) is 0 Å². The Hall–Kier alpha value is -1.62. The van der Waals surface area contributed by atoms with Crippen LogP contribution in [0.2, 0.25) is 5.02 Å². The lowest BCUT2D eigenvalue weighted by Gasteiger charge is -2.43. The summed E-state index contributed by atoms with van der Waals surface area (Å²) in [5.74, 6) is -0.835. The molecule has 1 aliphatic heterocycles. The van der Waals surface area contributed by atoms with Crippen LogP contribution in [0.1, 0.15) is 25.8 Å². The molecule has 108 valence electrons. The smallest absolute Gasteiger partial charge is 0.246 e. The summed E-state index contributed by atoms with van der Waals surface area (Å²) in [5.41, 5.74) is -0.199. The van der Waals surface area contributed by atoms with Crippen LogP contribution in [0.25, 0.3) is 0 Å². The maximum Gasteiger partial charge on any atom is 0.246 e. The van der Waals surface area contributed by atoms with Crippen LogP contribution in [-0.2, 0) is 16.1 Å². The van der Waals surface area contributed by atoms with Crippen LogP contribution in [0, 0.1) is 5.82 Å². The molecule has 2 amide bonds. The normalized spacial score (nSPS) is 22.9. The number of benzene rings is 1. The molecule has 1 aliphatic rings. The van der Waals surface area contributed by atoms with Crippen LogP contribution < -0.4 is 5.32 Å². The first-order valence-corrected chi connectivity index (χ1v) is 6.79. The second-order valence-electron chi connectivity index (χ2n) is 5.04. The van der Waals surface area contributed by atoms with Crippen molar-refractivity contribution in [3.05, 3.63) is 34.6 Å². The van der Waals surface area contributed by atoms with Crippen molar-refractivity contribution in [3.8, 4) is 0 Å². The number of nitrogens with zero attached hydrogens (tertiary/aromatic N) is 1. The van der Waals surface area contributed by atoms with Gasteiger partial charge < -0.3 is 10.2 Å². The van der Waals surface area contributed by atoms with Gasteiger partial charge in [0.05, 0.1) is 11.6 Å².